The van der Waals surface area contributed by atoms with Crippen LogP contribution in [0.3, 0.4) is 0 Å². The molecule has 0 radical (unpaired) electrons. The van der Waals surface area contributed by atoms with Gasteiger partial charge in [-0.1, -0.05) is 82.7 Å². The van der Waals surface area contributed by atoms with Crippen molar-refractivity contribution in [3.05, 3.63) is 129 Å². The lowest BCUT2D eigenvalue weighted by molar-refractivity contribution is 0.303. The Labute approximate surface area is 206 Å². The van der Waals surface area contributed by atoms with E-state index in [2.05, 4.69) is 80.0 Å². The van der Waals surface area contributed by atoms with Crippen LogP contribution in [0.15, 0.2) is 95.5 Å². The summed E-state index contributed by atoms with van der Waals surface area (Å²) in [5.74, 6) is 1.90. The first kappa shape index (κ1) is 24.6. The van der Waals surface area contributed by atoms with Gasteiger partial charge in [0.2, 0.25) is 0 Å². The summed E-state index contributed by atoms with van der Waals surface area (Å²) in [4.78, 5) is 0. The normalized spacial score (nSPS) is 10.2. The minimum atomic E-state index is 0.620. The van der Waals surface area contributed by atoms with Crippen LogP contribution < -0.4 is 9.47 Å². The van der Waals surface area contributed by atoms with E-state index in [0.717, 1.165) is 21.5 Å². The van der Waals surface area contributed by atoms with Crippen molar-refractivity contribution in [2.75, 3.05) is 0 Å². The lowest BCUT2D eigenvalue weighted by Crippen LogP contribution is -1.98. The fourth-order valence-electron chi connectivity index (χ4n) is 3.35. The maximum Gasteiger partial charge on any atom is 0.122 e. The van der Waals surface area contributed by atoms with Crippen molar-refractivity contribution < 1.29 is 9.47 Å². The number of halogens is 1. The second-order valence-corrected chi connectivity index (χ2v) is 9.02. The maximum atomic E-state index is 5.84. The summed E-state index contributed by atoms with van der Waals surface area (Å²) in [5, 5.41) is 0. The number of rotatable bonds is 6. The molecule has 2 nitrogen and oxygen atoms in total. The van der Waals surface area contributed by atoms with Crippen LogP contribution >= 0.6 is 15.9 Å². The average Bonchev–Trinajstić information content (AvgIpc) is 2.80. The molecule has 0 atom stereocenters. The van der Waals surface area contributed by atoms with Crippen LogP contribution in [0.2, 0.25) is 0 Å². The maximum absolute atomic E-state index is 5.84. The highest BCUT2D eigenvalue weighted by atomic mass is 79.9. The molecule has 0 aliphatic rings. The van der Waals surface area contributed by atoms with E-state index in [1.54, 1.807) is 0 Å². The fourth-order valence-corrected chi connectivity index (χ4v) is 3.82. The predicted octanol–water partition coefficient (Wildman–Crippen LogP) is 8.53. The van der Waals surface area contributed by atoms with Crippen LogP contribution in [-0.4, -0.2) is 0 Å². The van der Waals surface area contributed by atoms with E-state index in [9.17, 15) is 0 Å². The summed E-state index contributed by atoms with van der Waals surface area (Å²) in [6, 6.07) is 30.8. The van der Waals surface area contributed by atoms with Crippen molar-refractivity contribution in [2.45, 2.75) is 40.9 Å². The lowest BCUT2D eigenvalue weighted by Gasteiger charge is -2.11. The topological polar surface area (TPSA) is 18.5 Å². The van der Waals surface area contributed by atoms with Crippen LogP contribution in [0.1, 0.15) is 33.4 Å². The molecule has 0 fully saturated rings. The van der Waals surface area contributed by atoms with E-state index in [-0.39, 0.29) is 0 Å². The van der Waals surface area contributed by atoms with Gasteiger partial charge in [0.05, 0.1) is 0 Å². The van der Waals surface area contributed by atoms with Gasteiger partial charge in [-0.3, -0.25) is 0 Å². The molecule has 33 heavy (non-hydrogen) atoms. The number of hydrogen-bond acceptors (Lipinski definition) is 2. The summed E-state index contributed by atoms with van der Waals surface area (Å²) in [7, 11) is 0. The van der Waals surface area contributed by atoms with E-state index in [0.29, 0.717) is 13.2 Å². The van der Waals surface area contributed by atoms with Crippen LogP contribution in [0, 0.1) is 27.7 Å². The zero-order valence-electron chi connectivity index (χ0n) is 19.8. The molecule has 170 valence electrons. The molecule has 0 amide bonds. The van der Waals surface area contributed by atoms with Crippen LogP contribution in [0.4, 0.5) is 0 Å². The molecule has 0 bridgehead atoms. The fraction of sp³-hybridized carbons (Fsp3) is 0.200. The Kier molecular flexibility index (Phi) is 9.14. The Morgan fingerprint density at radius 1 is 0.515 bits per heavy atom. The molecule has 0 aromatic heterocycles. The minimum absolute atomic E-state index is 0.620. The molecule has 3 heteroatoms. The van der Waals surface area contributed by atoms with Crippen molar-refractivity contribution in [1.82, 2.24) is 0 Å². The third kappa shape index (κ3) is 7.50. The Bertz CT molecular complexity index is 1140. The van der Waals surface area contributed by atoms with E-state index in [1.807, 2.05) is 54.6 Å². The van der Waals surface area contributed by atoms with Crippen LogP contribution in [0.5, 0.6) is 11.5 Å². The highest BCUT2D eigenvalue weighted by Crippen LogP contribution is 2.23. The van der Waals surface area contributed by atoms with Gasteiger partial charge in [0, 0.05) is 4.47 Å². The molecule has 0 aliphatic heterocycles. The van der Waals surface area contributed by atoms with E-state index in [1.165, 1.54) is 27.8 Å². The SMILES string of the molecule is Cc1ccccc1COc1ccc(Br)cc1C.Cc1ccccc1COc1ccccc1C. The van der Waals surface area contributed by atoms with Gasteiger partial charge in [-0.15, -0.1) is 0 Å². The lowest BCUT2D eigenvalue weighted by atomic mass is 10.1. The van der Waals surface area contributed by atoms with Gasteiger partial charge in [0.15, 0.2) is 0 Å². The molecule has 0 aliphatic carbocycles. The standard InChI is InChI=1S/C15H15BrO.C15H16O/c1-11-5-3-4-6-13(11)10-17-15-8-7-14(16)9-12(15)2;1-12-7-3-5-9-14(12)11-16-15-10-6-4-8-13(15)2/h3-9H,10H2,1-2H3;3-10H,11H2,1-2H3. The number of ether oxygens (including phenoxy) is 2. The molecule has 0 saturated carbocycles. The van der Waals surface area contributed by atoms with Gasteiger partial charge in [0.1, 0.15) is 24.7 Å². The molecule has 4 aromatic carbocycles. The number of para-hydroxylation sites is 1. The Balaban J connectivity index is 0.000000186. The molecular weight excluding hydrogens is 472 g/mol. The quantitative estimate of drug-likeness (QED) is 0.263. The van der Waals surface area contributed by atoms with Gasteiger partial charge in [-0.25, -0.2) is 0 Å². The number of hydrogen-bond donors (Lipinski definition) is 0. The third-order valence-corrected chi connectivity index (χ3v) is 6.01. The minimum Gasteiger partial charge on any atom is -0.489 e. The van der Waals surface area contributed by atoms with Gasteiger partial charge in [-0.05, 0) is 85.3 Å². The first-order valence-electron chi connectivity index (χ1n) is 11.1. The van der Waals surface area contributed by atoms with Gasteiger partial charge < -0.3 is 9.47 Å². The molecule has 4 aromatic rings. The van der Waals surface area contributed by atoms with E-state index in [4.69, 9.17) is 9.47 Å². The smallest absolute Gasteiger partial charge is 0.122 e. The van der Waals surface area contributed by atoms with Crippen molar-refractivity contribution in [3.63, 3.8) is 0 Å². The molecule has 0 saturated heterocycles. The van der Waals surface area contributed by atoms with Gasteiger partial charge >= 0.3 is 0 Å². The van der Waals surface area contributed by atoms with Gasteiger partial charge in [0.25, 0.3) is 0 Å². The van der Waals surface area contributed by atoms with Crippen LogP contribution in [0.25, 0.3) is 0 Å². The molecule has 0 heterocycles. The van der Waals surface area contributed by atoms with E-state index >= 15 is 0 Å². The summed E-state index contributed by atoms with van der Waals surface area (Å²) >= 11 is 3.45. The predicted molar refractivity (Wildman–Crippen MR) is 141 cm³/mol. The number of benzene rings is 4. The van der Waals surface area contributed by atoms with Gasteiger partial charge in [-0.2, -0.15) is 0 Å². The second kappa shape index (κ2) is 12.3. The Hall–Kier alpha value is -3.04. The summed E-state index contributed by atoms with van der Waals surface area (Å²) in [6.45, 7) is 9.58. The summed E-state index contributed by atoms with van der Waals surface area (Å²) in [5.41, 5.74) is 7.34. The first-order valence-corrected chi connectivity index (χ1v) is 11.9. The summed E-state index contributed by atoms with van der Waals surface area (Å²) < 4.78 is 12.7. The summed E-state index contributed by atoms with van der Waals surface area (Å²) in [6.07, 6.45) is 0. The zero-order chi connectivity index (χ0) is 23.6. The second-order valence-electron chi connectivity index (χ2n) is 8.11. The third-order valence-electron chi connectivity index (χ3n) is 5.52. The van der Waals surface area contributed by atoms with Crippen molar-refractivity contribution in [2.24, 2.45) is 0 Å². The molecular formula is C30H31BrO2. The van der Waals surface area contributed by atoms with Crippen LogP contribution in [-0.2, 0) is 13.2 Å². The first-order chi connectivity index (χ1) is 15.9. The molecule has 0 spiro atoms. The van der Waals surface area contributed by atoms with Crippen molar-refractivity contribution in [3.8, 4) is 11.5 Å². The average molecular weight is 503 g/mol. The van der Waals surface area contributed by atoms with Crippen molar-refractivity contribution >= 4 is 15.9 Å². The van der Waals surface area contributed by atoms with Crippen molar-refractivity contribution in [1.29, 1.82) is 0 Å². The molecule has 0 N–H and O–H groups in total. The molecule has 4 rings (SSSR count). The highest BCUT2D eigenvalue weighted by molar-refractivity contribution is 9.10. The van der Waals surface area contributed by atoms with E-state index < -0.39 is 0 Å². The Morgan fingerprint density at radius 3 is 1.45 bits per heavy atom. The monoisotopic (exact) mass is 502 g/mol. The highest BCUT2D eigenvalue weighted by Gasteiger charge is 2.03. The Morgan fingerprint density at radius 2 is 0.970 bits per heavy atom. The zero-order valence-corrected chi connectivity index (χ0v) is 21.4. The largest absolute Gasteiger partial charge is 0.489 e. The molecule has 0 unspecified atom stereocenters. The number of aryl methyl sites for hydroxylation is 4.